The van der Waals surface area contributed by atoms with Gasteiger partial charge in [0.05, 0.1) is 6.08 Å². The number of carbonyl (C=O) groups excluding carboxylic acids is 1. The molecule has 0 bridgehead atoms. The highest BCUT2D eigenvalue weighted by atomic mass is 79.9. The third-order valence-electron chi connectivity index (χ3n) is 5.22. The summed E-state index contributed by atoms with van der Waals surface area (Å²) in [5, 5.41) is 0. The van der Waals surface area contributed by atoms with Crippen LogP contribution in [0.5, 0.6) is 0 Å². The molecule has 0 aromatic heterocycles. The van der Waals surface area contributed by atoms with Crippen LogP contribution in [0.2, 0.25) is 0 Å². The number of alkyl halides is 4. The molecule has 0 aromatic rings. The van der Waals surface area contributed by atoms with Crippen LogP contribution in [0.25, 0.3) is 0 Å². The van der Waals surface area contributed by atoms with Crippen molar-refractivity contribution in [3.63, 3.8) is 0 Å². The van der Waals surface area contributed by atoms with E-state index in [0.717, 1.165) is 37.9 Å². The van der Waals surface area contributed by atoms with Crippen molar-refractivity contribution in [1.82, 2.24) is 0 Å². The van der Waals surface area contributed by atoms with Crippen LogP contribution in [0, 0.1) is 17.8 Å². The van der Waals surface area contributed by atoms with Gasteiger partial charge in [0.2, 0.25) is 0 Å². The molecule has 1 aliphatic carbocycles. The third kappa shape index (κ3) is 6.46. The summed E-state index contributed by atoms with van der Waals surface area (Å²) >= 11 is 21.1. The Morgan fingerprint density at radius 1 is 1.31 bits per heavy atom. The van der Waals surface area contributed by atoms with Crippen molar-refractivity contribution in [1.29, 1.82) is 0 Å². The van der Waals surface area contributed by atoms with Crippen molar-refractivity contribution in [3.05, 3.63) is 11.8 Å². The quantitative estimate of drug-likeness (QED) is 0.299. The first-order valence-electron chi connectivity index (χ1n) is 9.34. The maximum Gasteiger partial charge on any atom is 0.337 e. The molecule has 3 nitrogen and oxygen atoms in total. The van der Waals surface area contributed by atoms with E-state index in [-0.39, 0.29) is 16.7 Å². The van der Waals surface area contributed by atoms with Crippen LogP contribution in [-0.2, 0) is 14.3 Å². The SMILES string of the molecule is CC(C)[C@@H]1CC[C@@H](C)C[C@]12OC(=O)C=C(CCCC(Br)CC(Cl)(Cl)Cl)O2. The van der Waals surface area contributed by atoms with Crippen molar-refractivity contribution in [2.75, 3.05) is 0 Å². The minimum Gasteiger partial charge on any atom is -0.456 e. The van der Waals surface area contributed by atoms with Crippen molar-refractivity contribution in [2.45, 2.75) is 80.1 Å². The molecule has 150 valence electrons. The van der Waals surface area contributed by atoms with Crippen LogP contribution in [0.15, 0.2) is 11.8 Å². The fraction of sp³-hybridized carbons (Fsp3) is 0.842. The van der Waals surface area contributed by atoms with Crippen LogP contribution in [0.4, 0.5) is 0 Å². The minimum atomic E-state index is -1.26. The lowest BCUT2D eigenvalue weighted by Crippen LogP contribution is -2.52. The molecule has 1 spiro atoms. The molecule has 1 fully saturated rings. The van der Waals surface area contributed by atoms with E-state index < -0.39 is 9.58 Å². The predicted octanol–water partition coefficient (Wildman–Crippen LogP) is 6.93. The summed E-state index contributed by atoms with van der Waals surface area (Å²) in [6.45, 7) is 6.53. The molecule has 1 unspecified atom stereocenters. The van der Waals surface area contributed by atoms with E-state index in [2.05, 4.69) is 36.7 Å². The zero-order chi connectivity index (χ0) is 19.5. The van der Waals surface area contributed by atoms with Gasteiger partial charge in [-0.2, -0.15) is 0 Å². The molecule has 1 aliphatic heterocycles. The lowest BCUT2D eigenvalue weighted by atomic mass is 9.72. The molecule has 0 saturated heterocycles. The van der Waals surface area contributed by atoms with Crippen LogP contribution in [-0.4, -0.2) is 20.4 Å². The monoisotopic (exact) mass is 488 g/mol. The highest BCUT2D eigenvalue weighted by molar-refractivity contribution is 9.09. The fourth-order valence-corrected chi connectivity index (χ4v) is 6.00. The normalized spacial score (nSPS) is 30.8. The molecule has 2 aliphatic rings. The Hall–Kier alpha value is 0.360. The summed E-state index contributed by atoms with van der Waals surface area (Å²) in [4.78, 5) is 12.4. The summed E-state index contributed by atoms with van der Waals surface area (Å²) < 4.78 is 10.9. The van der Waals surface area contributed by atoms with Gasteiger partial charge in [-0.05, 0) is 37.5 Å². The number of allylic oxidation sites excluding steroid dienone is 1. The van der Waals surface area contributed by atoms with E-state index in [4.69, 9.17) is 44.3 Å². The zero-order valence-electron chi connectivity index (χ0n) is 15.6. The highest BCUT2D eigenvalue weighted by Gasteiger charge is 2.51. The molecule has 0 N–H and O–H groups in total. The van der Waals surface area contributed by atoms with E-state index in [0.29, 0.717) is 24.7 Å². The Bertz CT molecular complexity index is 533. The van der Waals surface area contributed by atoms with E-state index in [1.807, 2.05) is 0 Å². The number of hydrogen-bond acceptors (Lipinski definition) is 3. The molecule has 4 atom stereocenters. The van der Waals surface area contributed by atoms with E-state index in [1.165, 1.54) is 6.08 Å². The Labute approximate surface area is 180 Å². The van der Waals surface area contributed by atoms with E-state index in [9.17, 15) is 4.79 Å². The first kappa shape index (κ1) is 22.6. The maximum atomic E-state index is 12.3. The Morgan fingerprint density at radius 3 is 2.62 bits per heavy atom. The van der Waals surface area contributed by atoms with E-state index in [1.54, 1.807) is 0 Å². The van der Waals surface area contributed by atoms with Gasteiger partial charge in [-0.1, -0.05) is 71.5 Å². The number of esters is 1. The molecule has 0 radical (unpaired) electrons. The molecule has 0 amide bonds. The first-order chi connectivity index (χ1) is 12.0. The van der Waals surface area contributed by atoms with Gasteiger partial charge in [-0.3, -0.25) is 0 Å². The molecule has 1 saturated carbocycles. The standard InChI is InChI=1S/C19H28BrCl3O3/c1-12(2)16-8-7-13(3)10-18(16)25-15(9-17(24)26-18)6-4-5-14(20)11-19(21,22)23/h9,12-14,16H,4-8,10-11H2,1-3H3/t13-,14?,16+,18+/m1/s1. The molecule has 0 aromatic carbocycles. The summed E-state index contributed by atoms with van der Waals surface area (Å²) in [6.07, 6.45) is 7.20. The minimum absolute atomic E-state index is 0.109. The molecule has 1 heterocycles. The molecule has 7 heteroatoms. The van der Waals surface area contributed by atoms with Gasteiger partial charge in [-0.25, -0.2) is 4.79 Å². The number of carbonyl (C=O) groups is 1. The number of ether oxygens (including phenoxy) is 2. The van der Waals surface area contributed by atoms with Gasteiger partial charge >= 0.3 is 5.97 Å². The second kappa shape index (κ2) is 9.24. The van der Waals surface area contributed by atoms with Gasteiger partial charge in [0.15, 0.2) is 3.79 Å². The van der Waals surface area contributed by atoms with Crippen molar-refractivity contribution < 1.29 is 14.3 Å². The largest absolute Gasteiger partial charge is 0.456 e. The summed E-state index contributed by atoms with van der Waals surface area (Å²) in [5.41, 5.74) is 0. The summed E-state index contributed by atoms with van der Waals surface area (Å²) in [6, 6.07) is 0. The Morgan fingerprint density at radius 2 is 2.00 bits per heavy atom. The van der Waals surface area contributed by atoms with Gasteiger partial charge in [0.1, 0.15) is 5.76 Å². The van der Waals surface area contributed by atoms with Crippen molar-refractivity contribution >= 4 is 56.7 Å². The zero-order valence-corrected chi connectivity index (χ0v) is 19.4. The molecule has 2 rings (SSSR count). The average Bonchev–Trinajstić information content (AvgIpc) is 2.43. The number of rotatable bonds is 6. The van der Waals surface area contributed by atoms with Crippen LogP contribution in [0.3, 0.4) is 0 Å². The molecule has 26 heavy (non-hydrogen) atoms. The highest BCUT2D eigenvalue weighted by Crippen LogP contribution is 2.47. The van der Waals surface area contributed by atoms with Crippen LogP contribution < -0.4 is 0 Å². The van der Waals surface area contributed by atoms with Gasteiger partial charge in [-0.15, -0.1) is 0 Å². The average molecular weight is 491 g/mol. The fourth-order valence-electron chi connectivity index (χ4n) is 4.08. The lowest BCUT2D eigenvalue weighted by Gasteiger charge is -2.48. The van der Waals surface area contributed by atoms with E-state index >= 15 is 0 Å². The molecular formula is C19H28BrCl3O3. The summed E-state index contributed by atoms with van der Waals surface area (Å²) in [5.74, 6) is 0.717. The maximum absolute atomic E-state index is 12.3. The third-order valence-corrected chi connectivity index (χ3v) is 6.47. The lowest BCUT2D eigenvalue weighted by molar-refractivity contribution is -0.269. The predicted molar refractivity (Wildman–Crippen MR) is 111 cm³/mol. The molecular weight excluding hydrogens is 462 g/mol. The topological polar surface area (TPSA) is 35.5 Å². The Kier molecular flexibility index (Phi) is 8.05. The number of hydrogen-bond donors (Lipinski definition) is 0. The number of halogens is 4. The Balaban J connectivity index is 1.99. The van der Waals surface area contributed by atoms with Gasteiger partial charge < -0.3 is 9.47 Å². The second-order valence-corrected chi connectivity index (χ2v) is 11.8. The smallest absolute Gasteiger partial charge is 0.337 e. The van der Waals surface area contributed by atoms with Gasteiger partial charge in [0.25, 0.3) is 5.79 Å². The summed E-state index contributed by atoms with van der Waals surface area (Å²) in [7, 11) is 0. The second-order valence-electron chi connectivity index (χ2n) is 7.99. The van der Waals surface area contributed by atoms with Gasteiger partial charge in [0, 0.05) is 30.0 Å². The van der Waals surface area contributed by atoms with Crippen LogP contribution >= 0.6 is 50.7 Å². The first-order valence-corrected chi connectivity index (χ1v) is 11.4. The van der Waals surface area contributed by atoms with Crippen molar-refractivity contribution in [2.24, 2.45) is 17.8 Å². The van der Waals surface area contributed by atoms with Crippen LogP contribution in [0.1, 0.15) is 65.7 Å². The van der Waals surface area contributed by atoms with Crippen molar-refractivity contribution in [3.8, 4) is 0 Å².